The molecule has 0 bridgehead atoms. The van der Waals surface area contributed by atoms with Gasteiger partial charge in [0.25, 0.3) is 0 Å². The number of amides is 1. The van der Waals surface area contributed by atoms with E-state index in [-0.39, 0.29) is 11.4 Å². The molecule has 3 N–H and O–H groups in total. The number of anilines is 1. The summed E-state index contributed by atoms with van der Waals surface area (Å²) in [6.07, 6.45) is 2.06. The number of nitrogens with zero attached hydrogens (tertiary/aromatic N) is 1. The van der Waals surface area contributed by atoms with Crippen LogP contribution < -0.4 is 15.8 Å². The molecule has 1 amide bonds. The second kappa shape index (κ2) is 8.48. The van der Waals surface area contributed by atoms with Gasteiger partial charge in [-0.25, -0.2) is 0 Å². The van der Waals surface area contributed by atoms with E-state index in [1.165, 1.54) is 0 Å². The predicted octanol–water partition coefficient (Wildman–Crippen LogP) is 3.93. The van der Waals surface area contributed by atoms with Gasteiger partial charge >= 0.3 is 0 Å². The second-order valence-electron chi connectivity index (χ2n) is 6.80. The van der Waals surface area contributed by atoms with Crippen LogP contribution in [0.1, 0.15) is 30.9 Å². The van der Waals surface area contributed by atoms with Crippen molar-refractivity contribution in [1.29, 1.82) is 0 Å². The van der Waals surface area contributed by atoms with Crippen molar-refractivity contribution < 1.29 is 9.53 Å². The van der Waals surface area contributed by atoms with Crippen molar-refractivity contribution >= 4 is 28.5 Å². The molecule has 5 nitrogen and oxygen atoms in total. The summed E-state index contributed by atoms with van der Waals surface area (Å²) in [4.78, 5) is 16.9. The molecule has 142 valence electrons. The minimum Gasteiger partial charge on any atom is -0.497 e. The molecule has 2 aromatic carbocycles. The van der Waals surface area contributed by atoms with Crippen LogP contribution >= 0.6 is 11.8 Å². The van der Waals surface area contributed by atoms with Gasteiger partial charge in [-0.15, -0.1) is 0 Å². The maximum absolute atomic E-state index is 12.2. The Bertz CT molecular complexity index is 836. The van der Waals surface area contributed by atoms with Crippen molar-refractivity contribution in [3.8, 4) is 5.75 Å². The third-order valence-electron chi connectivity index (χ3n) is 4.76. The molecule has 1 aliphatic heterocycles. The summed E-state index contributed by atoms with van der Waals surface area (Å²) in [5.74, 6) is 1.73. The van der Waals surface area contributed by atoms with Gasteiger partial charge in [0, 0.05) is 17.9 Å². The summed E-state index contributed by atoms with van der Waals surface area (Å²) in [5.41, 5.74) is 8.70. The normalized spacial score (nSPS) is 19.3. The number of hydrogen-bond donors (Lipinski definition) is 2. The largest absolute Gasteiger partial charge is 0.497 e. The minimum atomic E-state index is -0.281. The average Bonchev–Trinajstić information content (AvgIpc) is 2.67. The second-order valence-corrected chi connectivity index (χ2v) is 7.91. The molecular weight excluding hydrogens is 358 g/mol. The van der Waals surface area contributed by atoms with Crippen LogP contribution in [0.25, 0.3) is 0 Å². The van der Waals surface area contributed by atoms with Crippen molar-refractivity contribution in [1.82, 2.24) is 0 Å². The number of aliphatic imine (C=N–C) groups is 1. The fourth-order valence-electron chi connectivity index (χ4n) is 3.11. The highest BCUT2D eigenvalue weighted by Crippen LogP contribution is 2.35. The number of benzene rings is 2. The molecule has 1 atom stereocenters. The van der Waals surface area contributed by atoms with E-state index >= 15 is 0 Å². The van der Waals surface area contributed by atoms with E-state index in [9.17, 15) is 4.79 Å². The molecule has 0 spiro atoms. The predicted molar refractivity (Wildman–Crippen MR) is 112 cm³/mol. The fraction of sp³-hybridized carbons (Fsp3) is 0.333. The first-order valence-corrected chi connectivity index (χ1v) is 9.98. The quantitative estimate of drug-likeness (QED) is 0.792. The van der Waals surface area contributed by atoms with Crippen LogP contribution in [0.15, 0.2) is 53.5 Å². The van der Waals surface area contributed by atoms with Crippen LogP contribution in [0.3, 0.4) is 0 Å². The van der Waals surface area contributed by atoms with Crippen LogP contribution in [-0.2, 0) is 16.8 Å². The van der Waals surface area contributed by atoms with Crippen molar-refractivity contribution in [3.05, 3.63) is 59.7 Å². The number of thioether (sulfide) groups is 1. The highest BCUT2D eigenvalue weighted by Gasteiger charge is 2.29. The first-order chi connectivity index (χ1) is 13.0. The molecule has 1 unspecified atom stereocenters. The number of ether oxygens (including phenoxy) is 1. The summed E-state index contributed by atoms with van der Waals surface area (Å²) in [5, 5.41) is 3.57. The molecule has 27 heavy (non-hydrogen) atoms. The lowest BCUT2D eigenvalue weighted by molar-refractivity contribution is -0.116. The number of amidine groups is 1. The van der Waals surface area contributed by atoms with Crippen molar-refractivity contribution in [2.24, 2.45) is 10.7 Å². The van der Waals surface area contributed by atoms with Gasteiger partial charge in [-0.1, -0.05) is 36.0 Å². The van der Waals surface area contributed by atoms with Gasteiger partial charge in [0.1, 0.15) is 5.75 Å². The minimum absolute atomic E-state index is 0.00638. The lowest BCUT2D eigenvalue weighted by Gasteiger charge is -2.30. The summed E-state index contributed by atoms with van der Waals surface area (Å²) in [6, 6.07) is 15.6. The first-order valence-electron chi connectivity index (χ1n) is 9.00. The molecule has 0 radical (unpaired) electrons. The van der Waals surface area contributed by atoms with E-state index < -0.39 is 0 Å². The number of rotatable bonds is 6. The molecule has 1 aliphatic rings. The Balaban J connectivity index is 1.61. The molecule has 3 rings (SSSR count). The zero-order chi connectivity index (χ0) is 19.3. The van der Waals surface area contributed by atoms with Crippen LogP contribution in [0.5, 0.6) is 5.75 Å². The lowest BCUT2D eigenvalue weighted by Crippen LogP contribution is -2.28. The third-order valence-corrected chi connectivity index (χ3v) is 5.55. The Morgan fingerprint density at radius 1 is 1.30 bits per heavy atom. The van der Waals surface area contributed by atoms with Gasteiger partial charge in [0.05, 0.1) is 12.6 Å². The molecule has 6 heteroatoms. The number of methoxy groups -OCH3 is 1. The van der Waals surface area contributed by atoms with Gasteiger partial charge in [-0.2, -0.15) is 0 Å². The molecular formula is C21H25N3O2S. The standard InChI is InChI=1S/C21H25N3O2S/c1-21(12-13-27-20(22)24-21)16-5-3-4-15(14-16)6-11-19(25)23-17-7-9-18(26-2)10-8-17/h3-5,7-10,14H,6,11-13H2,1-2H3,(H2,22,24)(H,23,25). The fourth-order valence-corrected chi connectivity index (χ4v) is 4.09. The third kappa shape index (κ3) is 5.04. The van der Waals surface area contributed by atoms with E-state index in [4.69, 9.17) is 10.5 Å². The summed E-state index contributed by atoms with van der Waals surface area (Å²) in [6.45, 7) is 2.12. The monoisotopic (exact) mass is 383 g/mol. The van der Waals surface area contributed by atoms with Gasteiger partial charge < -0.3 is 15.8 Å². The Hall–Kier alpha value is -2.47. The van der Waals surface area contributed by atoms with Crippen molar-refractivity contribution in [2.75, 3.05) is 18.2 Å². The van der Waals surface area contributed by atoms with Gasteiger partial charge in [0.15, 0.2) is 5.17 Å². The van der Waals surface area contributed by atoms with Crippen LogP contribution in [0, 0.1) is 0 Å². The van der Waals surface area contributed by atoms with E-state index in [0.29, 0.717) is 18.0 Å². The van der Waals surface area contributed by atoms with Crippen molar-refractivity contribution in [3.63, 3.8) is 0 Å². The number of carbonyl (C=O) groups is 1. The van der Waals surface area contributed by atoms with Gasteiger partial charge in [-0.3, -0.25) is 9.79 Å². The van der Waals surface area contributed by atoms with Crippen LogP contribution in [0.4, 0.5) is 5.69 Å². The number of carbonyl (C=O) groups excluding carboxylic acids is 1. The van der Waals surface area contributed by atoms with E-state index in [1.807, 2.05) is 30.3 Å². The average molecular weight is 384 g/mol. The zero-order valence-electron chi connectivity index (χ0n) is 15.7. The maximum Gasteiger partial charge on any atom is 0.224 e. The highest BCUT2D eigenvalue weighted by molar-refractivity contribution is 8.13. The molecule has 0 fully saturated rings. The Morgan fingerprint density at radius 2 is 2.07 bits per heavy atom. The zero-order valence-corrected chi connectivity index (χ0v) is 16.5. The number of hydrogen-bond acceptors (Lipinski definition) is 5. The topological polar surface area (TPSA) is 76.7 Å². The molecule has 1 heterocycles. The van der Waals surface area contributed by atoms with Crippen molar-refractivity contribution in [2.45, 2.75) is 31.7 Å². The maximum atomic E-state index is 12.2. The Morgan fingerprint density at radius 3 is 2.78 bits per heavy atom. The smallest absolute Gasteiger partial charge is 0.224 e. The van der Waals surface area contributed by atoms with Gasteiger partial charge in [-0.05, 0) is 55.2 Å². The van der Waals surface area contributed by atoms with E-state index in [0.717, 1.165) is 34.7 Å². The van der Waals surface area contributed by atoms with Crippen LogP contribution in [0.2, 0.25) is 0 Å². The molecule has 0 saturated carbocycles. The Labute approximate surface area is 164 Å². The molecule has 0 aromatic heterocycles. The molecule has 0 saturated heterocycles. The van der Waals surface area contributed by atoms with Gasteiger partial charge in [0.2, 0.25) is 5.91 Å². The first kappa shape index (κ1) is 19.3. The molecule has 0 aliphatic carbocycles. The van der Waals surface area contributed by atoms with E-state index in [2.05, 4.69) is 35.4 Å². The Kier molecular flexibility index (Phi) is 6.06. The molecule has 2 aromatic rings. The van der Waals surface area contributed by atoms with E-state index in [1.54, 1.807) is 18.9 Å². The highest BCUT2D eigenvalue weighted by atomic mass is 32.2. The number of nitrogens with one attached hydrogen (secondary N) is 1. The van der Waals surface area contributed by atoms with Crippen LogP contribution in [-0.4, -0.2) is 23.9 Å². The summed E-state index contributed by atoms with van der Waals surface area (Å²) >= 11 is 1.60. The lowest BCUT2D eigenvalue weighted by atomic mass is 9.88. The summed E-state index contributed by atoms with van der Waals surface area (Å²) in [7, 11) is 1.62. The SMILES string of the molecule is COc1ccc(NC(=O)CCc2cccc(C3(C)CCSC(N)=N3)c2)cc1. The summed E-state index contributed by atoms with van der Waals surface area (Å²) < 4.78 is 5.12. The number of aryl methyl sites for hydroxylation is 1. The number of nitrogens with two attached hydrogens (primary N) is 1.